The first-order chi connectivity index (χ1) is 34.7. The van der Waals surface area contributed by atoms with Crippen molar-refractivity contribution >= 4 is 35.4 Å². The van der Waals surface area contributed by atoms with E-state index >= 15 is 0 Å². The summed E-state index contributed by atoms with van der Waals surface area (Å²) in [7, 11) is 0. The molecule has 10 atom stereocenters. The van der Waals surface area contributed by atoms with Crippen molar-refractivity contribution in [2.75, 3.05) is 32.7 Å². The van der Waals surface area contributed by atoms with E-state index < -0.39 is 23.7 Å². The molecule has 2 heterocycles. The summed E-state index contributed by atoms with van der Waals surface area (Å²) in [5.74, 6) is -3.73. The van der Waals surface area contributed by atoms with Gasteiger partial charge < -0.3 is 31.1 Å². The van der Waals surface area contributed by atoms with Gasteiger partial charge in [-0.15, -0.1) is 0 Å². The first-order valence-electron chi connectivity index (χ1n) is 26.7. The number of nitrogens with one attached hydrogen (secondary N) is 4. The van der Waals surface area contributed by atoms with Crippen LogP contribution in [0.4, 0.5) is 0 Å². The fourth-order valence-corrected chi connectivity index (χ4v) is 11.2. The summed E-state index contributed by atoms with van der Waals surface area (Å²) in [6, 6.07) is 36.6. The number of benzene rings is 4. The summed E-state index contributed by atoms with van der Waals surface area (Å²) in [4.78, 5) is 87.3. The standard InChI is InChI=1S/C59H72N6O6/c1-2-3-4-5-6-7-8-9-10-20-31-60-54(66)47-35-64(36-48(47)55(67)61-51-32-44(51)39-21-14-11-15-22-39)58(70)42-27-29-43(30-28-42)59(71)65-37-49(56(68)62-52-33-45(52)40-23-16-12-17-24-40)50(38-65)57(69)63-53-34-46(53)41-25-18-13-19-26-41/h11-19,21-30,44-53H,2-10,20,31-38H2,1H3,(H,60,66)(H,61,67)(H,62,68)(H,63,69)/t44-,45-,46+,47-,48-,49-,50-,51+,52+,53-/m1/s1. The number of hydrogen-bond donors (Lipinski definition) is 4. The third-order valence-corrected chi connectivity index (χ3v) is 15.8. The van der Waals surface area contributed by atoms with Crippen LogP contribution in [-0.4, -0.2) is 96.1 Å². The summed E-state index contributed by atoms with van der Waals surface area (Å²) >= 11 is 0. The summed E-state index contributed by atoms with van der Waals surface area (Å²) < 4.78 is 0. The van der Waals surface area contributed by atoms with Gasteiger partial charge in [0.25, 0.3) is 11.8 Å². The van der Waals surface area contributed by atoms with Gasteiger partial charge >= 0.3 is 0 Å². The van der Waals surface area contributed by atoms with Crippen LogP contribution in [0.3, 0.4) is 0 Å². The van der Waals surface area contributed by atoms with Crippen molar-refractivity contribution in [1.82, 2.24) is 31.1 Å². The molecule has 0 unspecified atom stereocenters. The molecule has 2 saturated heterocycles. The molecule has 5 aliphatic rings. The van der Waals surface area contributed by atoms with E-state index in [1.807, 2.05) is 54.6 Å². The maximum absolute atomic E-state index is 14.2. The Kier molecular flexibility index (Phi) is 16.3. The van der Waals surface area contributed by atoms with Gasteiger partial charge in [-0.1, -0.05) is 156 Å². The van der Waals surface area contributed by atoms with Crippen LogP contribution < -0.4 is 21.3 Å². The molecular formula is C59H72N6O6. The Labute approximate surface area is 419 Å². The lowest BCUT2D eigenvalue weighted by molar-refractivity contribution is -0.133. The molecule has 0 bridgehead atoms. The van der Waals surface area contributed by atoms with E-state index in [4.69, 9.17) is 0 Å². The largest absolute Gasteiger partial charge is 0.356 e. The minimum absolute atomic E-state index is 0.0181. The van der Waals surface area contributed by atoms with Gasteiger partial charge in [0.15, 0.2) is 0 Å². The van der Waals surface area contributed by atoms with Crippen molar-refractivity contribution in [2.24, 2.45) is 23.7 Å². The predicted molar refractivity (Wildman–Crippen MR) is 274 cm³/mol. The quantitative estimate of drug-likeness (QED) is 0.0551. The summed E-state index contributed by atoms with van der Waals surface area (Å²) in [6.07, 6.45) is 14.4. The van der Waals surface area contributed by atoms with Crippen molar-refractivity contribution in [3.63, 3.8) is 0 Å². The summed E-state index contributed by atoms with van der Waals surface area (Å²) in [5, 5.41) is 12.7. The van der Waals surface area contributed by atoms with Crippen LogP contribution in [0.5, 0.6) is 0 Å². The first-order valence-corrected chi connectivity index (χ1v) is 26.7. The van der Waals surface area contributed by atoms with Gasteiger partial charge in [-0.25, -0.2) is 0 Å². The van der Waals surface area contributed by atoms with Gasteiger partial charge in [-0.05, 0) is 66.6 Å². The van der Waals surface area contributed by atoms with Gasteiger partial charge in [0.2, 0.25) is 23.6 Å². The summed E-state index contributed by atoms with van der Waals surface area (Å²) in [5.41, 5.74) is 4.17. The van der Waals surface area contributed by atoms with E-state index in [1.54, 1.807) is 34.1 Å². The molecule has 12 nitrogen and oxygen atoms in total. The second-order valence-electron chi connectivity index (χ2n) is 21.0. The van der Waals surface area contributed by atoms with Crippen molar-refractivity contribution < 1.29 is 28.8 Å². The molecular weight excluding hydrogens is 889 g/mol. The Balaban J connectivity index is 0.818. The van der Waals surface area contributed by atoms with Gasteiger partial charge in [-0.2, -0.15) is 0 Å². The molecule has 3 aliphatic carbocycles. The van der Waals surface area contributed by atoms with E-state index in [-0.39, 0.29) is 97.5 Å². The molecule has 12 heteroatoms. The van der Waals surface area contributed by atoms with Gasteiger partial charge in [0.1, 0.15) is 0 Å². The van der Waals surface area contributed by atoms with Crippen LogP contribution >= 0.6 is 0 Å². The zero-order chi connectivity index (χ0) is 49.3. The highest BCUT2D eigenvalue weighted by molar-refractivity contribution is 6.00. The number of hydrogen-bond acceptors (Lipinski definition) is 6. The van der Waals surface area contributed by atoms with Crippen molar-refractivity contribution in [2.45, 2.75) is 126 Å². The summed E-state index contributed by atoms with van der Waals surface area (Å²) in [6.45, 7) is 3.15. The molecule has 5 fully saturated rings. The number of nitrogens with zero attached hydrogens (tertiary/aromatic N) is 2. The molecule has 6 amide bonds. The lowest BCUT2D eigenvalue weighted by Crippen LogP contribution is -2.43. The third-order valence-electron chi connectivity index (χ3n) is 15.8. The van der Waals surface area contributed by atoms with Crippen molar-refractivity contribution in [1.29, 1.82) is 0 Å². The molecule has 0 aromatic heterocycles. The van der Waals surface area contributed by atoms with Crippen LogP contribution in [0.2, 0.25) is 0 Å². The second-order valence-corrected chi connectivity index (χ2v) is 21.0. The van der Waals surface area contributed by atoms with Crippen molar-refractivity contribution in [3.05, 3.63) is 143 Å². The minimum atomic E-state index is -0.727. The molecule has 4 N–H and O–H groups in total. The molecule has 4 aromatic rings. The van der Waals surface area contributed by atoms with E-state index in [1.165, 1.54) is 61.6 Å². The number of carbonyl (C=O) groups is 6. The van der Waals surface area contributed by atoms with E-state index in [0.29, 0.717) is 17.7 Å². The Hall–Kier alpha value is -6.30. The highest BCUT2D eigenvalue weighted by atomic mass is 16.2. The number of amides is 6. The Morgan fingerprint density at radius 2 is 0.718 bits per heavy atom. The lowest BCUT2D eigenvalue weighted by atomic mass is 9.94. The molecule has 3 saturated carbocycles. The van der Waals surface area contributed by atoms with Crippen molar-refractivity contribution in [3.8, 4) is 0 Å². The Morgan fingerprint density at radius 1 is 0.408 bits per heavy atom. The normalized spacial score (nSPS) is 26.0. The highest BCUT2D eigenvalue weighted by Gasteiger charge is 2.50. The zero-order valence-corrected chi connectivity index (χ0v) is 41.3. The van der Waals surface area contributed by atoms with Gasteiger partial charge in [-0.3, -0.25) is 28.8 Å². The number of rotatable bonds is 23. The maximum atomic E-state index is 14.2. The topological polar surface area (TPSA) is 157 Å². The first kappa shape index (κ1) is 49.7. The molecule has 2 aliphatic heterocycles. The molecule has 374 valence electrons. The molecule has 4 aromatic carbocycles. The van der Waals surface area contributed by atoms with E-state index in [2.05, 4.69) is 64.6 Å². The zero-order valence-electron chi connectivity index (χ0n) is 41.3. The lowest BCUT2D eigenvalue weighted by Gasteiger charge is -2.18. The fourth-order valence-electron chi connectivity index (χ4n) is 11.2. The van der Waals surface area contributed by atoms with Gasteiger partial charge in [0.05, 0.1) is 23.7 Å². The van der Waals surface area contributed by atoms with Crippen LogP contribution in [0.25, 0.3) is 0 Å². The fraction of sp³-hybridized carbons (Fsp3) is 0.492. The van der Waals surface area contributed by atoms with Crippen LogP contribution in [0.1, 0.15) is 146 Å². The smallest absolute Gasteiger partial charge is 0.253 e. The van der Waals surface area contributed by atoms with Crippen LogP contribution in [0.15, 0.2) is 115 Å². The molecule has 0 radical (unpaired) electrons. The highest BCUT2D eigenvalue weighted by Crippen LogP contribution is 2.43. The molecule has 9 rings (SSSR count). The average Bonchev–Trinajstić information content (AvgIpc) is 4.37. The van der Waals surface area contributed by atoms with E-state index in [0.717, 1.165) is 38.5 Å². The van der Waals surface area contributed by atoms with Gasteiger partial charge in [0, 0.05) is 79.7 Å². The number of unbranched alkanes of at least 4 members (excludes halogenated alkanes) is 9. The third kappa shape index (κ3) is 12.6. The number of likely N-dealkylation sites (tertiary alicyclic amines) is 2. The second kappa shape index (κ2) is 23.3. The van der Waals surface area contributed by atoms with E-state index in [9.17, 15) is 28.8 Å². The van der Waals surface area contributed by atoms with Crippen LogP contribution in [-0.2, 0) is 19.2 Å². The SMILES string of the molecule is CCCCCCCCCCCCNC(=O)[C@@H]1CN(C(=O)c2ccc(C(=O)N3C[C@@H](C(=O)N[C@H]4C[C@@H]4c4ccccc4)[C@H](C(=O)N[C@@H]4C[C@H]4c4ccccc4)C3)cc2)C[C@H]1C(=O)N[C@H]1C[C@@H]1c1ccccc1. The maximum Gasteiger partial charge on any atom is 0.253 e. The monoisotopic (exact) mass is 961 g/mol. The Morgan fingerprint density at radius 3 is 1.06 bits per heavy atom. The predicted octanol–water partition coefficient (Wildman–Crippen LogP) is 8.12. The van der Waals surface area contributed by atoms with Crippen LogP contribution in [0, 0.1) is 23.7 Å². The Bertz CT molecular complexity index is 2390. The molecule has 71 heavy (non-hydrogen) atoms. The average molecular weight is 961 g/mol. The number of carbonyl (C=O) groups excluding carboxylic acids is 6. The molecule has 0 spiro atoms. The minimum Gasteiger partial charge on any atom is -0.356 e.